The molecule has 2 N–H and O–H groups in total. The number of hydrogen-bond donors (Lipinski definition) is 2. The van der Waals surface area contributed by atoms with Crippen LogP contribution in [-0.4, -0.2) is 46.0 Å². The maximum Gasteiger partial charge on any atom is 0.119 e. The number of pyridine rings is 1. The van der Waals surface area contributed by atoms with E-state index in [2.05, 4.69) is 23.2 Å². The van der Waals surface area contributed by atoms with Crippen molar-refractivity contribution in [3.8, 4) is 5.75 Å². The molecule has 4 aromatic rings. The summed E-state index contributed by atoms with van der Waals surface area (Å²) in [7, 11) is 0. The van der Waals surface area contributed by atoms with Crippen molar-refractivity contribution in [2.24, 2.45) is 0 Å². The lowest BCUT2D eigenvalue weighted by atomic mass is 9.83. The first kappa shape index (κ1) is 20.9. The second kappa shape index (κ2) is 8.87. The van der Waals surface area contributed by atoms with Gasteiger partial charge in [0, 0.05) is 42.9 Å². The molecule has 32 heavy (non-hydrogen) atoms. The molecule has 0 radical (unpaired) electrons. The molecule has 3 aromatic carbocycles. The van der Waals surface area contributed by atoms with Crippen LogP contribution in [0.1, 0.15) is 24.8 Å². The predicted molar refractivity (Wildman–Crippen MR) is 127 cm³/mol. The highest BCUT2D eigenvalue weighted by Crippen LogP contribution is 2.36. The Morgan fingerprint density at radius 2 is 1.62 bits per heavy atom. The van der Waals surface area contributed by atoms with Gasteiger partial charge in [0.15, 0.2) is 0 Å². The van der Waals surface area contributed by atoms with Crippen LogP contribution in [0.5, 0.6) is 5.75 Å². The number of piperidine rings is 1. The van der Waals surface area contributed by atoms with Crippen LogP contribution in [0.3, 0.4) is 0 Å². The molecule has 5 heteroatoms. The summed E-state index contributed by atoms with van der Waals surface area (Å²) in [6.45, 7) is 1.68. The monoisotopic (exact) mass is 428 g/mol. The van der Waals surface area contributed by atoms with E-state index in [4.69, 9.17) is 4.74 Å². The molecule has 0 spiro atoms. The third kappa shape index (κ3) is 4.19. The zero-order valence-corrected chi connectivity index (χ0v) is 18.0. The van der Waals surface area contributed by atoms with E-state index in [0.717, 1.165) is 27.5 Å². The normalized spacial score (nSPS) is 17.4. The number of hydrogen-bond acceptors (Lipinski definition) is 5. The van der Waals surface area contributed by atoms with Gasteiger partial charge < -0.3 is 14.9 Å². The highest BCUT2D eigenvalue weighted by molar-refractivity contribution is 5.85. The van der Waals surface area contributed by atoms with Gasteiger partial charge in [-0.3, -0.25) is 9.88 Å². The zero-order chi connectivity index (χ0) is 22.0. The van der Waals surface area contributed by atoms with Crippen molar-refractivity contribution in [1.29, 1.82) is 0 Å². The minimum Gasteiger partial charge on any atom is -0.493 e. The van der Waals surface area contributed by atoms with Crippen LogP contribution in [0.2, 0.25) is 0 Å². The maximum atomic E-state index is 11.4. The van der Waals surface area contributed by atoms with Crippen LogP contribution >= 0.6 is 0 Å². The molecule has 1 aromatic heterocycles. The lowest BCUT2D eigenvalue weighted by Gasteiger charge is -2.40. The van der Waals surface area contributed by atoms with Crippen molar-refractivity contribution in [3.05, 3.63) is 84.7 Å². The highest BCUT2D eigenvalue weighted by atomic mass is 16.5. The summed E-state index contributed by atoms with van der Waals surface area (Å²) in [6, 6.07) is 22.3. The number of likely N-dealkylation sites (tertiary alicyclic amines) is 1. The SMILES string of the molecule is OC(CCOc1ccc2ccccc2c1)N1CCC(O)(c2cncc3ccccc23)CC1. The first-order valence-electron chi connectivity index (χ1n) is 11.2. The van der Waals surface area contributed by atoms with Crippen molar-refractivity contribution >= 4 is 21.5 Å². The lowest BCUT2D eigenvalue weighted by Crippen LogP contribution is -2.47. The Labute approximate surface area is 187 Å². The molecular weight excluding hydrogens is 400 g/mol. The van der Waals surface area contributed by atoms with Crippen molar-refractivity contribution < 1.29 is 14.9 Å². The second-order valence-electron chi connectivity index (χ2n) is 8.60. The van der Waals surface area contributed by atoms with Crippen LogP contribution in [0.4, 0.5) is 0 Å². The predicted octanol–water partition coefficient (Wildman–Crippen LogP) is 4.46. The fourth-order valence-electron chi connectivity index (χ4n) is 4.67. The summed E-state index contributed by atoms with van der Waals surface area (Å²) < 4.78 is 5.89. The number of ether oxygens (including phenoxy) is 1. The molecule has 0 bridgehead atoms. The van der Waals surface area contributed by atoms with E-state index in [-0.39, 0.29) is 0 Å². The Balaban J connectivity index is 1.17. The van der Waals surface area contributed by atoms with Crippen molar-refractivity contribution in [3.63, 3.8) is 0 Å². The van der Waals surface area contributed by atoms with E-state index in [0.29, 0.717) is 39.0 Å². The second-order valence-corrected chi connectivity index (χ2v) is 8.60. The summed E-state index contributed by atoms with van der Waals surface area (Å²) >= 11 is 0. The summed E-state index contributed by atoms with van der Waals surface area (Å²) in [5.74, 6) is 0.812. The van der Waals surface area contributed by atoms with Crippen LogP contribution in [0.25, 0.3) is 21.5 Å². The van der Waals surface area contributed by atoms with Crippen LogP contribution in [0, 0.1) is 0 Å². The van der Waals surface area contributed by atoms with Gasteiger partial charge in [-0.25, -0.2) is 0 Å². The average molecular weight is 429 g/mol. The maximum absolute atomic E-state index is 11.4. The van der Waals surface area contributed by atoms with Gasteiger partial charge in [0.1, 0.15) is 12.0 Å². The van der Waals surface area contributed by atoms with Crippen LogP contribution in [0.15, 0.2) is 79.1 Å². The summed E-state index contributed by atoms with van der Waals surface area (Å²) in [6.07, 6.45) is 4.66. The fourth-order valence-corrected chi connectivity index (χ4v) is 4.67. The number of rotatable bonds is 6. The topological polar surface area (TPSA) is 65.8 Å². The van der Waals surface area contributed by atoms with Gasteiger partial charge in [-0.05, 0) is 41.1 Å². The van der Waals surface area contributed by atoms with Gasteiger partial charge >= 0.3 is 0 Å². The Bertz CT molecular complexity index is 1210. The fraction of sp³-hybridized carbons (Fsp3) is 0.296. The minimum absolute atomic E-state index is 0.438. The lowest BCUT2D eigenvalue weighted by molar-refractivity contribution is -0.0814. The molecule has 0 amide bonds. The smallest absolute Gasteiger partial charge is 0.119 e. The zero-order valence-electron chi connectivity index (χ0n) is 18.0. The van der Waals surface area contributed by atoms with Gasteiger partial charge in [-0.2, -0.15) is 0 Å². The Hall–Kier alpha value is -2.99. The standard InChI is InChI=1S/C27H28N2O3/c30-26(11-16-32-23-10-9-20-5-1-2-6-21(20)17-23)29-14-12-27(31,13-15-29)25-19-28-18-22-7-3-4-8-24(22)25/h1-10,17-19,26,30-31H,11-16H2. The van der Waals surface area contributed by atoms with Gasteiger partial charge in [0.05, 0.1) is 12.2 Å². The van der Waals surface area contributed by atoms with E-state index in [1.807, 2.05) is 59.6 Å². The third-order valence-electron chi connectivity index (χ3n) is 6.58. The van der Waals surface area contributed by atoms with Gasteiger partial charge in [0.2, 0.25) is 0 Å². The van der Waals surface area contributed by atoms with E-state index in [9.17, 15) is 10.2 Å². The summed E-state index contributed by atoms with van der Waals surface area (Å²) in [5, 5.41) is 26.5. The molecule has 1 unspecified atom stereocenters. The number of nitrogens with zero attached hydrogens (tertiary/aromatic N) is 2. The first-order chi connectivity index (χ1) is 15.6. The molecule has 0 aliphatic carbocycles. The van der Waals surface area contributed by atoms with Gasteiger partial charge in [-0.15, -0.1) is 0 Å². The van der Waals surface area contributed by atoms with Gasteiger partial charge in [-0.1, -0.05) is 54.6 Å². The Morgan fingerprint density at radius 3 is 2.44 bits per heavy atom. The summed E-state index contributed by atoms with van der Waals surface area (Å²) in [4.78, 5) is 6.36. The molecule has 1 aliphatic heterocycles. The number of aliphatic hydroxyl groups excluding tert-OH is 1. The van der Waals surface area contributed by atoms with Gasteiger partial charge in [0.25, 0.3) is 0 Å². The largest absolute Gasteiger partial charge is 0.493 e. The first-order valence-corrected chi connectivity index (χ1v) is 11.2. The van der Waals surface area contributed by atoms with Crippen molar-refractivity contribution in [2.45, 2.75) is 31.1 Å². The number of aromatic nitrogens is 1. The number of aliphatic hydroxyl groups is 2. The van der Waals surface area contributed by atoms with Crippen LogP contribution < -0.4 is 4.74 Å². The average Bonchev–Trinajstić information content (AvgIpc) is 2.84. The molecule has 0 saturated carbocycles. The summed E-state index contributed by atoms with van der Waals surface area (Å²) in [5.41, 5.74) is -0.0459. The van der Waals surface area contributed by atoms with Crippen LogP contribution in [-0.2, 0) is 5.60 Å². The minimum atomic E-state index is -0.925. The van der Waals surface area contributed by atoms with E-state index < -0.39 is 11.8 Å². The van der Waals surface area contributed by atoms with E-state index >= 15 is 0 Å². The molecule has 1 saturated heterocycles. The van der Waals surface area contributed by atoms with E-state index in [1.54, 1.807) is 6.20 Å². The molecule has 1 fully saturated rings. The molecule has 5 nitrogen and oxygen atoms in total. The molecule has 1 aliphatic rings. The number of benzene rings is 3. The van der Waals surface area contributed by atoms with E-state index in [1.165, 1.54) is 5.39 Å². The Kier molecular flexibility index (Phi) is 5.79. The van der Waals surface area contributed by atoms with Crippen molar-refractivity contribution in [1.82, 2.24) is 9.88 Å². The molecular formula is C27H28N2O3. The van der Waals surface area contributed by atoms with Crippen molar-refractivity contribution in [2.75, 3.05) is 19.7 Å². The quantitative estimate of drug-likeness (QED) is 0.475. The Morgan fingerprint density at radius 1 is 0.906 bits per heavy atom. The third-order valence-corrected chi connectivity index (χ3v) is 6.58. The molecule has 1 atom stereocenters. The highest BCUT2D eigenvalue weighted by Gasteiger charge is 2.37. The molecule has 2 heterocycles. The molecule has 164 valence electrons. The number of fused-ring (bicyclic) bond motifs is 2. The molecule has 5 rings (SSSR count).